The summed E-state index contributed by atoms with van der Waals surface area (Å²) >= 11 is 0.426. The van der Waals surface area contributed by atoms with Crippen molar-refractivity contribution < 1.29 is 8.74 Å². The minimum Gasteiger partial charge on any atom is -0.307 e. The van der Waals surface area contributed by atoms with E-state index in [0.717, 1.165) is 6.42 Å². The highest BCUT2D eigenvalue weighted by atomic mass is 32.2. The molecule has 6 heavy (non-hydrogen) atoms. The van der Waals surface area contributed by atoms with Crippen LogP contribution in [0.4, 0.5) is 0 Å². The molecule has 0 spiro atoms. The van der Waals surface area contributed by atoms with Gasteiger partial charge in [0, 0.05) is 0 Å². The first-order chi connectivity index (χ1) is 2.91. The van der Waals surface area contributed by atoms with E-state index in [1.165, 1.54) is 0 Å². The molecule has 0 unspecified atom stereocenters. The molecule has 0 atom stereocenters. The highest BCUT2D eigenvalue weighted by molar-refractivity contribution is 7.88. The van der Waals surface area contributed by atoms with Gasteiger partial charge in [-0.15, -0.1) is 0 Å². The lowest BCUT2D eigenvalue weighted by molar-refractivity contribution is 0.343. The van der Waals surface area contributed by atoms with Crippen LogP contribution in [-0.2, 0) is 4.18 Å². The van der Waals surface area contributed by atoms with E-state index < -0.39 is 0 Å². The first kappa shape index (κ1) is 6.27. The molecule has 0 aliphatic rings. The Bertz CT molecular complexity index is 20.8. The van der Waals surface area contributed by atoms with E-state index in [1.54, 1.807) is 0 Å². The monoisotopic (exact) mass is 108 g/mol. The number of hydrogen-bond acceptors (Lipinski definition) is 3. The summed E-state index contributed by atoms with van der Waals surface area (Å²) in [5, 5.41) is 0. The van der Waals surface area contributed by atoms with Gasteiger partial charge in [0.05, 0.1) is 6.61 Å². The Morgan fingerprint density at radius 1 is 1.83 bits per heavy atom. The molecule has 0 saturated heterocycles. The Kier molecular flexibility index (Phi) is 5.51. The van der Waals surface area contributed by atoms with E-state index in [-0.39, 0.29) is 0 Å². The van der Waals surface area contributed by atoms with Gasteiger partial charge in [-0.2, -0.15) is 0 Å². The second kappa shape index (κ2) is 5.27. The molecule has 0 radical (unpaired) electrons. The summed E-state index contributed by atoms with van der Waals surface area (Å²) in [4.78, 5) is 0. The second-order valence-electron chi connectivity index (χ2n) is 0.897. The third-order valence-electron chi connectivity index (χ3n) is 0.340. The largest absolute Gasteiger partial charge is 0.307 e. The smallest absolute Gasteiger partial charge is 0.155 e. The van der Waals surface area contributed by atoms with Crippen LogP contribution < -0.4 is 0 Å². The zero-order chi connectivity index (χ0) is 4.83. The maximum atomic E-state index is 7.89. The summed E-state index contributed by atoms with van der Waals surface area (Å²) in [7, 11) is 0. The molecule has 0 rings (SSSR count). The lowest BCUT2D eigenvalue weighted by Gasteiger charge is -1.87. The zero-order valence-corrected chi connectivity index (χ0v) is 4.49. The van der Waals surface area contributed by atoms with Crippen LogP contribution in [0.5, 0.6) is 0 Å². The minimum atomic E-state index is 0.426. The van der Waals surface area contributed by atoms with Gasteiger partial charge >= 0.3 is 0 Å². The van der Waals surface area contributed by atoms with E-state index in [0.29, 0.717) is 18.9 Å². The molecule has 0 saturated carbocycles. The molecule has 3 heteroatoms. The van der Waals surface area contributed by atoms with Gasteiger partial charge in [0.1, 0.15) is 0 Å². The molecule has 0 aromatic heterocycles. The molecule has 0 aromatic carbocycles. The van der Waals surface area contributed by atoms with Gasteiger partial charge in [-0.3, -0.25) is 4.18 Å². The predicted molar refractivity (Wildman–Crippen MR) is 26.5 cm³/mol. The van der Waals surface area contributed by atoms with Crippen molar-refractivity contribution in [2.24, 2.45) is 0 Å². The Morgan fingerprint density at radius 3 is 2.67 bits per heavy atom. The van der Waals surface area contributed by atoms with Crippen LogP contribution in [0, 0.1) is 0 Å². The summed E-state index contributed by atoms with van der Waals surface area (Å²) < 4.78 is 12.3. The van der Waals surface area contributed by atoms with Gasteiger partial charge in [-0.25, -0.2) is 0 Å². The molecule has 0 aliphatic heterocycles. The quantitative estimate of drug-likeness (QED) is 0.439. The SMILES string of the molecule is CCCOSO. The number of hydrogen-bond donors (Lipinski definition) is 1. The van der Waals surface area contributed by atoms with E-state index in [2.05, 4.69) is 4.18 Å². The van der Waals surface area contributed by atoms with Gasteiger partial charge in [0.15, 0.2) is 12.3 Å². The predicted octanol–water partition coefficient (Wildman–Crippen LogP) is 1.53. The molecule has 1 N–H and O–H groups in total. The van der Waals surface area contributed by atoms with Gasteiger partial charge in [-0.1, -0.05) is 6.92 Å². The Hall–Kier alpha value is 0.270. The van der Waals surface area contributed by atoms with Crippen LogP contribution in [0.1, 0.15) is 13.3 Å². The molecule has 0 fully saturated rings. The Balaban J connectivity index is 2.34. The van der Waals surface area contributed by atoms with Crippen molar-refractivity contribution in [3.8, 4) is 0 Å². The standard InChI is InChI=1S/C3H8O2S/c1-2-3-5-6-4/h4H,2-3H2,1H3. The molecular formula is C3H8O2S. The molecule has 2 nitrogen and oxygen atoms in total. The van der Waals surface area contributed by atoms with Gasteiger partial charge in [0.25, 0.3) is 0 Å². The average Bonchev–Trinajstić information content (AvgIpc) is 1.61. The van der Waals surface area contributed by atoms with Crippen molar-refractivity contribution in [1.82, 2.24) is 0 Å². The maximum Gasteiger partial charge on any atom is 0.155 e. The van der Waals surface area contributed by atoms with Crippen molar-refractivity contribution in [3.63, 3.8) is 0 Å². The van der Waals surface area contributed by atoms with E-state index in [9.17, 15) is 0 Å². The van der Waals surface area contributed by atoms with Crippen LogP contribution in [0.3, 0.4) is 0 Å². The van der Waals surface area contributed by atoms with Gasteiger partial charge in [-0.05, 0) is 6.42 Å². The summed E-state index contributed by atoms with van der Waals surface area (Å²) in [5.74, 6) is 0. The minimum absolute atomic E-state index is 0.426. The molecule has 0 amide bonds. The fraction of sp³-hybridized carbons (Fsp3) is 1.00. The van der Waals surface area contributed by atoms with Crippen molar-refractivity contribution >= 4 is 12.3 Å². The summed E-state index contributed by atoms with van der Waals surface area (Å²) in [5.41, 5.74) is 0. The molecule has 0 heterocycles. The van der Waals surface area contributed by atoms with E-state index in [4.69, 9.17) is 4.55 Å². The van der Waals surface area contributed by atoms with E-state index >= 15 is 0 Å². The molecule has 38 valence electrons. The van der Waals surface area contributed by atoms with Crippen LogP contribution in [0.2, 0.25) is 0 Å². The Morgan fingerprint density at radius 2 is 2.50 bits per heavy atom. The third-order valence-corrected chi connectivity index (χ3v) is 0.612. The fourth-order valence-electron chi connectivity index (χ4n) is 0.121. The normalized spacial score (nSPS) is 9.00. The molecule has 0 aromatic rings. The maximum absolute atomic E-state index is 7.89. The lowest BCUT2D eigenvalue weighted by atomic mass is 10.5. The number of rotatable bonds is 3. The van der Waals surface area contributed by atoms with Crippen molar-refractivity contribution in [2.45, 2.75) is 13.3 Å². The van der Waals surface area contributed by atoms with Crippen LogP contribution >= 0.6 is 12.3 Å². The summed E-state index contributed by atoms with van der Waals surface area (Å²) in [6.45, 7) is 2.61. The van der Waals surface area contributed by atoms with Crippen LogP contribution in [-0.4, -0.2) is 11.2 Å². The van der Waals surface area contributed by atoms with Gasteiger partial charge in [0.2, 0.25) is 0 Å². The first-order valence-corrected chi connectivity index (χ1v) is 2.54. The first-order valence-electron chi connectivity index (χ1n) is 1.85. The van der Waals surface area contributed by atoms with Crippen molar-refractivity contribution in [1.29, 1.82) is 0 Å². The highest BCUT2D eigenvalue weighted by Crippen LogP contribution is 1.92. The van der Waals surface area contributed by atoms with Crippen molar-refractivity contribution in [2.75, 3.05) is 6.61 Å². The molecule has 0 bridgehead atoms. The third kappa shape index (κ3) is 4.27. The highest BCUT2D eigenvalue weighted by Gasteiger charge is 1.75. The van der Waals surface area contributed by atoms with Crippen LogP contribution in [0.25, 0.3) is 0 Å². The average molecular weight is 108 g/mol. The summed E-state index contributed by atoms with van der Waals surface area (Å²) in [6.07, 6.45) is 0.952. The second-order valence-corrected chi connectivity index (χ2v) is 1.28. The zero-order valence-electron chi connectivity index (χ0n) is 3.68. The Labute approximate surface area is 41.9 Å². The molecule has 0 aliphatic carbocycles. The topological polar surface area (TPSA) is 29.5 Å². The van der Waals surface area contributed by atoms with E-state index in [1.807, 2.05) is 6.92 Å². The fourth-order valence-corrected chi connectivity index (χ4v) is 0.362. The molecular weight excluding hydrogens is 100 g/mol. The van der Waals surface area contributed by atoms with Crippen molar-refractivity contribution in [3.05, 3.63) is 0 Å². The van der Waals surface area contributed by atoms with Crippen LogP contribution in [0.15, 0.2) is 0 Å². The summed E-state index contributed by atoms with van der Waals surface area (Å²) in [6, 6.07) is 0. The lowest BCUT2D eigenvalue weighted by Crippen LogP contribution is -1.78. The van der Waals surface area contributed by atoms with Gasteiger partial charge < -0.3 is 4.55 Å².